The number of halogens is 3. The molecule has 0 saturated heterocycles. The maximum absolute atomic E-state index is 13.5. The van der Waals surface area contributed by atoms with Crippen LogP contribution in [0.2, 0.25) is 0 Å². The molecular formula is C18H22F2IN3. The van der Waals surface area contributed by atoms with Crippen LogP contribution in [0.25, 0.3) is 0 Å². The molecule has 2 N–H and O–H groups in total. The van der Waals surface area contributed by atoms with Crippen molar-refractivity contribution in [2.24, 2.45) is 4.99 Å². The molecule has 0 atom stereocenters. The third-order valence-electron chi connectivity index (χ3n) is 3.46. The third-order valence-corrected chi connectivity index (χ3v) is 3.46. The van der Waals surface area contributed by atoms with Crippen molar-refractivity contribution >= 4 is 29.9 Å². The third kappa shape index (κ3) is 6.82. The molecule has 6 heteroatoms. The normalized spacial score (nSPS) is 10.9. The van der Waals surface area contributed by atoms with Gasteiger partial charge in [-0.05, 0) is 42.2 Å². The van der Waals surface area contributed by atoms with E-state index in [-0.39, 0.29) is 35.6 Å². The van der Waals surface area contributed by atoms with Gasteiger partial charge < -0.3 is 10.6 Å². The largest absolute Gasteiger partial charge is 0.356 e. The minimum Gasteiger partial charge on any atom is -0.356 e. The molecule has 0 aliphatic heterocycles. The molecule has 2 aromatic carbocycles. The van der Waals surface area contributed by atoms with Gasteiger partial charge in [-0.25, -0.2) is 8.78 Å². The fourth-order valence-corrected chi connectivity index (χ4v) is 2.26. The number of guanidine groups is 1. The average molecular weight is 445 g/mol. The van der Waals surface area contributed by atoms with E-state index in [0.717, 1.165) is 5.56 Å². The number of nitrogens with zero attached hydrogens (tertiary/aromatic N) is 1. The lowest BCUT2D eigenvalue weighted by Crippen LogP contribution is -2.39. The standard InChI is InChI=1S/C18H21F2N3.HI/c1-21-18(22-11-9-14-5-4-7-16(19)13-14)23-12-10-15-6-2-3-8-17(15)20;/h2-8,13H,9-12H2,1H3,(H2,21,22,23);1H. The van der Waals surface area contributed by atoms with Gasteiger partial charge in [-0.2, -0.15) is 0 Å². The second kappa shape index (κ2) is 11.0. The monoisotopic (exact) mass is 445 g/mol. The van der Waals surface area contributed by atoms with E-state index in [9.17, 15) is 8.78 Å². The van der Waals surface area contributed by atoms with Gasteiger partial charge in [0.2, 0.25) is 0 Å². The summed E-state index contributed by atoms with van der Waals surface area (Å²) in [6.07, 6.45) is 1.28. The molecule has 0 spiro atoms. The van der Waals surface area contributed by atoms with Gasteiger partial charge in [0.05, 0.1) is 0 Å². The maximum Gasteiger partial charge on any atom is 0.190 e. The number of hydrogen-bond donors (Lipinski definition) is 2. The van der Waals surface area contributed by atoms with Gasteiger partial charge in [-0.15, -0.1) is 24.0 Å². The molecule has 0 unspecified atom stereocenters. The van der Waals surface area contributed by atoms with Crippen molar-refractivity contribution in [2.75, 3.05) is 20.1 Å². The highest BCUT2D eigenvalue weighted by Crippen LogP contribution is 2.06. The molecule has 2 rings (SSSR count). The van der Waals surface area contributed by atoms with E-state index >= 15 is 0 Å². The molecule has 24 heavy (non-hydrogen) atoms. The molecule has 0 aliphatic rings. The van der Waals surface area contributed by atoms with Crippen LogP contribution >= 0.6 is 24.0 Å². The van der Waals surface area contributed by atoms with Crippen LogP contribution in [-0.4, -0.2) is 26.1 Å². The number of aliphatic imine (C=N–C) groups is 1. The Balaban J connectivity index is 0.00000288. The van der Waals surface area contributed by atoms with Gasteiger partial charge in [-0.1, -0.05) is 30.3 Å². The Kier molecular flexibility index (Phi) is 9.29. The van der Waals surface area contributed by atoms with Crippen LogP contribution in [0.1, 0.15) is 11.1 Å². The average Bonchev–Trinajstić information content (AvgIpc) is 2.55. The molecule has 2 aromatic rings. The summed E-state index contributed by atoms with van der Waals surface area (Å²) in [5.74, 6) is 0.232. The van der Waals surface area contributed by atoms with Crippen LogP contribution in [0.4, 0.5) is 8.78 Å². The quantitative estimate of drug-likeness (QED) is 0.406. The second-order valence-corrected chi connectivity index (χ2v) is 5.15. The van der Waals surface area contributed by atoms with E-state index in [1.807, 2.05) is 12.1 Å². The second-order valence-electron chi connectivity index (χ2n) is 5.15. The summed E-state index contributed by atoms with van der Waals surface area (Å²) in [5, 5.41) is 6.30. The SMILES string of the molecule is CN=C(NCCc1cccc(F)c1)NCCc1ccccc1F.I. The Labute approximate surface area is 158 Å². The first-order valence-corrected chi connectivity index (χ1v) is 7.61. The summed E-state index contributed by atoms with van der Waals surface area (Å²) in [5.41, 5.74) is 1.61. The number of rotatable bonds is 6. The van der Waals surface area contributed by atoms with Crippen LogP contribution in [0.5, 0.6) is 0 Å². The van der Waals surface area contributed by atoms with E-state index in [1.54, 1.807) is 25.2 Å². The van der Waals surface area contributed by atoms with Gasteiger partial charge in [-0.3, -0.25) is 4.99 Å². The lowest BCUT2D eigenvalue weighted by atomic mass is 10.1. The molecule has 0 radical (unpaired) electrons. The van der Waals surface area contributed by atoms with E-state index in [1.165, 1.54) is 18.2 Å². The van der Waals surface area contributed by atoms with Crippen molar-refractivity contribution in [3.05, 3.63) is 71.3 Å². The minimum absolute atomic E-state index is 0. The first-order valence-electron chi connectivity index (χ1n) is 7.61. The highest BCUT2D eigenvalue weighted by Gasteiger charge is 2.02. The number of nitrogens with one attached hydrogen (secondary N) is 2. The van der Waals surface area contributed by atoms with Crippen molar-refractivity contribution in [3.8, 4) is 0 Å². The molecule has 130 valence electrons. The van der Waals surface area contributed by atoms with Crippen molar-refractivity contribution in [1.29, 1.82) is 0 Å². The summed E-state index contributed by atoms with van der Waals surface area (Å²) in [6.45, 7) is 1.23. The predicted octanol–water partition coefficient (Wildman–Crippen LogP) is 3.53. The lowest BCUT2D eigenvalue weighted by Gasteiger charge is -2.12. The summed E-state index contributed by atoms with van der Waals surface area (Å²) < 4.78 is 26.6. The zero-order valence-corrected chi connectivity index (χ0v) is 15.9. The Bertz CT molecular complexity index is 662. The zero-order chi connectivity index (χ0) is 16.5. The number of hydrogen-bond acceptors (Lipinski definition) is 1. The lowest BCUT2D eigenvalue weighted by molar-refractivity contribution is 0.606. The highest BCUT2D eigenvalue weighted by molar-refractivity contribution is 14.0. The van der Waals surface area contributed by atoms with Crippen LogP contribution in [0.3, 0.4) is 0 Å². The smallest absolute Gasteiger partial charge is 0.190 e. The van der Waals surface area contributed by atoms with Crippen LogP contribution in [-0.2, 0) is 12.8 Å². The fourth-order valence-electron chi connectivity index (χ4n) is 2.26. The first-order chi connectivity index (χ1) is 11.2. The van der Waals surface area contributed by atoms with Gasteiger partial charge in [0.1, 0.15) is 11.6 Å². The van der Waals surface area contributed by atoms with E-state index < -0.39 is 0 Å². The van der Waals surface area contributed by atoms with E-state index in [4.69, 9.17) is 0 Å². The van der Waals surface area contributed by atoms with Crippen molar-refractivity contribution < 1.29 is 8.78 Å². The Morgan fingerprint density at radius 1 is 0.958 bits per heavy atom. The molecule has 0 aliphatic carbocycles. The van der Waals surface area contributed by atoms with E-state index in [2.05, 4.69) is 15.6 Å². The number of benzene rings is 2. The molecule has 0 saturated carbocycles. The molecule has 0 bridgehead atoms. The molecule has 0 amide bonds. The van der Waals surface area contributed by atoms with Crippen LogP contribution < -0.4 is 10.6 Å². The summed E-state index contributed by atoms with van der Waals surface area (Å²) in [4.78, 5) is 4.12. The Hall–Kier alpha value is -1.70. The Morgan fingerprint density at radius 3 is 2.33 bits per heavy atom. The van der Waals surface area contributed by atoms with E-state index in [0.29, 0.717) is 37.5 Å². The maximum atomic E-state index is 13.5. The van der Waals surface area contributed by atoms with Crippen LogP contribution in [0, 0.1) is 11.6 Å². The van der Waals surface area contributed by atoms with Crippen molar-refractivity contribution in [2.45, 2.75) is 12.8 Å². The first kappa shape index (κ1) is 20.3. The summed E-state index contributed by atoms with van der Waals surface area (Å²) >= 11 is 0. The predicted molar refractivity (Wildman–Crippen MR) is 105 cm³/mol. The molecule has 0 aromatic heterocycles. The zero-order valence-electron chi connectivity index (χ0n) is 13.6. The van der Waals surface area contributed by atoms with Gasteiger partial charge in [0.15, 0.2) is 5.96 Å². The highest BCUT2D eigenvalue weighted by atomic mass is 127. The topological polar surface area (TPSA) is 36.4 Å². The molecular weight excluding hydrogens is 423 g/mol. The van der Waals surface area contributed by atoms with Gasteiger partial charge in [0.25, 0.3) is 0 Å². The minimum atomic E-state index is -0.227. The molecule has 0 fully saturated rings. The fraction of sp³-hybridized carbons (Fsp3) is 0.278. The van der Waals surface area contributed by atoms with Gasteiger partial charge >= 0.3 is 0 Å². The van der Waals surface area contributed by atoms with Crippen molar-refractivity contribution in [3.63, 3.8) is 0 Å². The van der Waals surface area contributed by atoms with Gasteiger partial charge in [0, 0.05) is 20.1 Å². The van der Waals surface area contributed by atoms with Crippen LogP contribution in [0.15, 0.2) is 53.5 Å². The Morgan fingerprint density at radius 2 is 1.67 bits per heavy atom. The summed E-state index contributed by atoms with van der Waals surface area (Å²) in [7, 11) is 1.68. The summed E-state index contributed by atoms with van der Waals surface area (Å²) in [6, 6.07) is 13.3. The van der Waals surface area contributed by atoms with Crippen molar-refractivity contribution in [1.82, 2.24) is 10.6 Å². The molecule has 3 nitrogen and oxygen atoms in total. The molecule has 0 heterocycles.